The number of ether oxygens (including phenoxy) is 1. The maximum absolute atomic E-state index is 14.6. The normalized spacial score (nSPS) is 16.6. The van der Waals surface area contributed by atoms with Crippen molar-refractivity contribution >= 4 is 22.6 Å². The van der Waals surface area contributed by atoms with E-state index in [0.717, 1.165) is 36.5 Å². The first kappa shape index (κ1) is 18.3. The third kappa shape index (κ3) is 3.19. The molecule has 6 heteroatoms. The zero-order chi connectivity index (χ0) is 19.8. The minimum atomic E-state index is -0.647. The second-order valence-electron chi connectivity index (χ2n) is 7.06. The first-order valence-corrected chi connectivity index (χ1v) is 9.23. The molecule has 4 nitrogen and oxygen atoms in total. The minimum Gasteiger partial charge on any atom is -0.465 e. The average Bonchev–Trinajstić information content (AvgIpc) is 3.11. The molecule has 144 valence electrons. The van der Waals surface area contributed by atoms with Gasteiger partial charge in [0.2, 0.25) is 0 Å². The van der Waals surface area contributed by atoms with Gasteiger partial charge in [-0.05, 0) is 56.2 Å². The molecule has 0 unspecified atom stereocenters. The van der Waals surface area contributed by atoms with E-state index in [9.17, 15) is 13.6 Å². The minimum absolute atomic E-state index is 0.259. The number of carbonyl (C=O) groups is 1. The van der Waals surface area contributed by atoms with Gasteiger partial charge in [0.05, 0.1) is 29.6 Å². The zero-order valence-corrected chi connectivity index (χ0v) is 15.7. The maximum Gasteiger partial charge on any atom is 0.337 e. The molecule has 2 aromatic carbocycles. The summed E-state index contributed by atoms with van der Waals surface area (Å²) in [4.78, 5) is 18.8. The number of esters is 1. The molecule has 0 amide bonds. The van der Waals surface area contributed by atoms with Gasteiger partial charge in [-0.1, -0.05) is 0 Å². The summed E-state index contributed by atoms with van der Waals surface area (Å²) < 4.78 is 32.8. The monoisotopic (exact) mass is 382 g/mol. The molecule has 1 aromatic heterocycles. The lowest BCUT2D eigenvalue weighted by atomic mass is 10.0. The van der Waals surface area contributed by atoms with Gasteiger partial charge in [-0.2, -0.15) is 0 Å². The average molecular weight is 382 g/mol. The predicted molar refractivity (Wildman–Crippen MR) is 104 cm³/mol. The summed E-state index contributed by atoms with van der Waals surface area (Å²) in [6.07, 6.45) is 2.07. The molecule has 28 heavy (non-hydrogen) atoms. The molecule has 0 N–H and O–H groups in total. The lowest BCUT2D eigenvalue weighted by Crippen LogP contribution is -2.27. The fourth-order valence-corrected chi connectivity index (χ4v) is 3.80. The van der Waals surface area contributed by atoms with E-state index in [1.165, 1.54) is 19.2 Å². The quantitative estimate of drug-likeness (QED) is 0.601. The maximum atomic E-state index is 14.6. The van der Waals surface area contributed by atoms with Crippen molar-refractivity contribution in [1.82, 2.24) is 4.98 Å². The number of carbonyl (C=O) groups excluding carboxylic acids is 1. The van der Waals surface area contributed by atoms with Crippen molar-refractivity contribution in [3.05, 3.63) is 59.7 Å². The van der Waals surface area contributed by atoms with Crippen LogP contribution < -0.4 is 4.90 Å². The lowest BCUT2D eigenvalue weighted by molar-refractivity contribution is 0.0601. The lowest BCUT2D eigenvalue weighted by Gasteiger charge is -2.26. The number of benzene rings is 2. The van der Waals surface area contributed by atoms with E-state index < -0.39 is 17.6 Å². The molecule has 0 spiro atoms. The highest BCUT2D eigenvalue weighted by atomic mass is 19.1. The second kappa shape index (κ2) is 7.19. The highest BCUT2D eigenvalue weighted by Gasteiger charge is 2.25. The molecule has 0 saturated carbocycles. The van der Waals surface area contributed by atoms with E-state index in [1.54, 1.807) is 18.2 Å². The third-order valence-electron chi connectivity index (χ3n) is 5.26. The smallest absolute Gasteiger partial charge is 0.337 e. The van der Waals surface area contributed by atoms with Gasteiger partial charge >= 0.3 is 5.97 Å². The zero-order valence-electron chi connectivity index (χ0n) is 15.7. The van der Waals surface area contributed by atoms with Gasteiger partial charge in [0.25, 0.3) is 0 Å². The van der Waals surface area contributed by atoms with E-state index >= 15 is 0 Å². The molecular formula is C22H20F2N2O2. The first-order chi connectivity index (χ1) is 13.5. The Morgan fingerprint density at radius 2 is 2.00 bits per heavy atom. The summed E-state index contributed by atoms with van der Waals surface area (Å²) >= 11 is 0. The number of pyridine rings is 1. The van der Waals surface area contributed by atoms with Crippen molar-refractivity contribution in [2.45, 2.75) is 25.8 Å². The van der Waals surface area contributed by atoms with Crippen LogP contribution in [0, 0.1) is 11.6 Å². The van der Waals surface area contributed by atoms with Gasteiger partial charge in [0, 0.05) is 29.6 Å². The second-order valence-corrected chi connectivity index (χ2v) is 7.06. The van der Waals surface area contributed by atoms with Crippen molar-refractivity contribution in [3.63, 3.8) is 0 Å². The predicted octanol–water partition coefficient (Wildman–Crippen LogP) is 4.96. The fourth-order valence-electron chi connectivity index (χ4n) is 3.80. The molecule has 2 heterocycles. The van der Waals surface area contributed by atoms with Gasteiger partial charge in [-0.3, -0.25) is 0 Å². The molecule has 1 aliphatic heterocycles. The number of rotatable bonds is 3. The van der Waals surface area contributed by atoms with Crippen molar-refractivity contribution in [2.24, 2.45) is 0 Å². The summed E-state index contributed by atoms with van der Waals surface area (Å²) in [7, 11) is 1.34. The summed E-state index contributed by atoms with van der Waals surface area (Å²) in [5.41, 5.74) is 2.57. The van der Waals surface area contributed by atoms with Crippen LogP contribution in [0.4, 0.5) is 14.5 Å². The van der Waals surface area contributed by atoms with Crippen molar-refractivity contribution < 1.29 is 18.3 Å². The Morgan fingerprint density at radius 1 is 1.18 bits per heavy atom. The number of halogens is 2. The van der Waals surface area contributed by atoms with E-state index in [-0.39, 0.29) is 11.6 Å². The molecule has 0 bridgehead atoms. The Bertz CT molecular complexity index is 1070. The first-order valence-electron chi connectivity index (χ1n) is 9.23. The topological polar surface area (TPSA) is 42.4 Å². The van der Waals surface area contributed by atoms with E-state index in [0.29, 0.717) is 16.8 Å². The number of fused-ring (bicyclic) bond motifs is 1. The Morgan fingerprint density at radius 3 is 2.68 bits per heavy atom. The van der Waals surface area contributed by atoms with Gasteiger partial charge in [0.15, 0.2) is 0 Å². The van der Waals surface area contributed by atoms with Crippen LogP contribution >= 0.6 is 0 Å². The van der Waals surface area contributed by atoms with Gasteiger partial charge in [-0.25, -0.2) is 18.6 Å². The Hall–Kier alpha value is -3.02. The van der Waals surface area contributed by atoms with Crippen LogP contribution in [0.25, 0.3) is 22.2 Å². The van der Waals surface area contributed by atoms with Crippen LogP contribution in [0.5, 0.6) is 0 Å². The summed E-state index contributed by atoms with van der Waals surface area (Å²) in [5.74, 6) is -1.70. The largest absolute Gasteiger partial charge is 0.465 e. The Labute approximate surface area is 161 Å². The Kier molecular flexibility index (Phi) is 4.71. The van der Waals surface area contributed by atoms with Crippen LogP contribution in [0.2, 0.25) is 0 Å². The number of hydrogen-bond donors (Lipinski definition) is 0. The van der Waals surface area contributed by atoms with Crippen LogP contribution in [0.1, 0.15) is 30.1 Å². The van der Waals surface area contributed by atoms with Crippen LogP contribution in [0.3, 0.4) is 0 Å². The summed E-state index contributed by atoms with van der Waals surface area (Å²) in [5, 5.41) is 0.767. The number of anilines is 1. The molecule has 1 atom stereocenters. The molecular weight excluding hydrogens is 362 g/mol. The Balaban J connectivity index is 1.95. The molecule has 1 aliphatic rings. The van der Waals surface area contributed by atoms with Crippen molar-refractivity contribution in [3.8, 4) is 11.3 Å². The highest BCUT2D eigenvalue weighted by molar-refractivity contribution is 5.96. The molecule has 0 radical (unpaired) electrons. The number of aromatic nitrogens is 1. The van der Waals surface area contributed by atoms with E-state index in [4.69, 9.17) is 4.74 Å². The van der Waals surface area contributed by atoms with Crippen LogP contribution in [0.15, 0.2) is 42.5 Å². The van der Waals surface area contributed by atoms with Gasteiger partial charge in [0.1, 0.15) is 11.6 Å². The van der Waals surface area contributed by atoms with Crippen LogP contribution in [-0.4, -0.2) is 30.6 Å². The number of hydrogen-bond acceptors (Lipinski definition) is 4. The van der Waals surface area contributed by atoms with Crippen molar-refractivity contribution in [2.75, 3.05) is 18.6 Å². The summed E-state index contributed by atoms with van der Waals surface area (Å²) in [6.45, 7) is 2.95. The van der Waals surface area contributed by atoms with Gasteiger partial charge in [-0.15, -0.1) is 0 Å². The summed E-state index contributed by atoms with van der Waals surface area (Å²) in [6, 6.07) is 10.8. The van der Waals surface area contributed by atoms with E-state index in [2.05, 4.69) is 16.8 Å². The highest BCUT2D eigenvalue weighted by Crippen LogP contribution is 2.37. The van der Waals surface area contributed by atoms with E-state index in [1.807, 2.05) is 6.07 Å². The molecule has 1 saturated heterocycles. The third-order valence-corrected chi connectivity index (χ3v) is 5.26. The number of nitrogens with zero attached hydrogens (tertiary/aromatic N) is 2. The fraction of sp³-hybridized carbons (Fsp3) is 0.273. The molecule has 4 rings (SSSR count). The standard InChI is InChI=1S/C22H20F2N2O2/c1-13-4-3-9-26(13)20-11-15-10-14(22(27)28-2)5-8-19(15)25-21(20)17-7-6-16(23)12-18(17)24/h5-8,10-13H,3-4,9H2,1-2H3/t13-/m0/s1. The van der Waals surface area contributed by atoms with Gasteiger partial charge < -0.3 is 9.64 Å². The SMILES string of the molecule is COC(=O)c1ccc2nc(-c3ccc(F)cc3F)c(N3CCC[C@@H]3C)cc2c1. The molecule has 0 aliphatic carbocycles. The van der Waals surface area contributed by atoms with Crippen molar-refractivity contribution in [1.29, 1.82) is 0 Å². The molecule has 1 fully saturated rings. The number of methoxy groups -OCH3 is 1. The molecule has 3 aromatic rings. The van der Waals surface area contributed by atoms with Crippen LogP contribution in [-0.2, 0) is 4.74 Å².